The van der Waals surface area contributed by atoms with Crippen LogP contribution in [0.25, 0.3) is 0 Å². The highest BCUT2D eigenvalue weighted by Gasteiger charge is 2.23. The summed E-state index contributed by atoms with van der Waals surface area (Å²) in [7, 11) is 1.63. The monoisotopic (exact) mass is 292 g/mol. The van der Waals surface area contributed by atoms with Crippen LogP contribution in [0.4, 0.5) is 0 Å². The van der Waals surface area contributed by atoms with Gasteiger partial charge in [-0.2, -0.15) is 0 Å². The first-order chi connectivity index (χ1) is 10.1. The van der Waals surface area contributed by atoms with Crippen LogP contribution < -0.4 is 5.32 Å². The van der Waals surface area contributed by atoms with Crippen LogP contribution >= 0.6 is 0 Å². The maximum atomic E-state index is 12.1. The molecule has 0 heterocycles. The van der Waals surface area contributed by atoms with Gasteiger partial charge in [-0.1, -0.05) is 30.3 Å². The van der Waals surface area contributed by atoms with E-state index in [1.54, 1.807) is 18.9 Å². The van der Waals surface area contributed by atoms with Crippen molar-refractivity contribution in [1.82, 2.24) is 10.2 Å². The summed E-state index contributed by atoms with van der Waals surface area (Å²) in [5.74, 6) is -0.254. The van der Waals surface area contributed by atoms with Gasteiger partial charge < -0.3 is 15.0 Å². The van der Waals surface area contributed by atoms with Crippen LogP contribution in [-0.4, -0.2) is 43.0 Å². The van der Waals surface area contributed by atoms with Crippen LogP contribution in [0.2, 0.25) is 0 Å². The molecule has 1 rings (SSSR count). The molecule has 0 saturated heterocycles. The maximum Gasteiger partial charge on any atom is 0.242 e. The van der Waals surface area contributed by atoms with Crippen LogP contribution in [0, 0.1) is 0 Å². The first-order valence-electron chi connectivity index (χ1n) is 7.14. The lowest BCUT2D eigenvalue weighted by Crippen LogP contribution is -2.47. The zero-order chi connectivity index (χ0) is 15.7. The van der Waals surface area contributed by atoms with E-state index in [2.05, 4.69) is 5.32 Å². The summed E-state index contributed by atoms with van der Waals surface area (Å²) < 4.78 is 4.93. The molecule has 0 aliphatic heterocycles. The molecule has 0 fully saturated rings. The molecule has 1 aromatic carbocycles. The van der Waals surface area contributed by atoms with Crippen molar-refractivity contribution >= 4 is 11.8 Å². The van der Waals surface area contributed by atoms with Crippen molar-refractivity contribution < 1.29 is 14.3 Å². The second kappa shape index (κ2) is 9.13. The number of nitrogens with one attached hydrogen (secondary N) is 1. The number of rotatable bonds is 8. The second-order valence-electron chi connectivity index (χ2n) is 4.95. The molecule has 2 amide bonds. The molecule has 0 bridgehead atoms. The first-order valence-corrected chi connectivity index (χ1v) is 7.14. The fourth-order valence-corrected chi connectivity index (χ4v) is 2.02. The minimum absolute atomic E-state index is 0.113. The van der Waals surface area contributed by atoms with Crippen molar-refractivity contribution in [3.8, 4) is 0 Å². The normalized spacial score (nSPS) is 11.8. The average molecular weight is 292 g/mol. The van der Waals surface area contributed by atoms with Crippen molar-refractivity contribution in [2.45, 2.75) is 32.9 Å². The average Bonchev–Trinajstić information content (AvgIpc) is 2.49. The molecule has 116 valence electrons. The predicted octanol–water partition coefficient (Wildman–Crippen LogP) is 1.58. The highest BCUT2D eigenvalue weighted by Crippen LogP contribution is 2.09. The topological polar surface area (TPSA) is 58.6 Å². The smallest absolute Gasteiger partial charge is 0.242 e. The molecular formula is C16H24N2O3. The first kappa shape index (κ1) is 17.2. The Bertz CT molecular complexity index is 448. The van der Waals surface area contributed by atoms with E-state index in [4.69, 9.17) is 4.74 Å². The Balaban J connectivity index is 2.58. The number of ether oxygens (including phenoxy) is 1. The third-order valence-corrected chi connectivity index (χ3v) is 3.27. The molecule has 21 heavy (non-hydrogen) atoms. The summed E-state index contributed by atoms with van der Waals surface area (Å²) in [6.07, 6.45) is 0.758. The number of nitrogens with zero attached hydrogens (tertiary/aromatic N) is 1. The summed E-state index contributed by atoms with van der Waals surface area (Å²) in [5.41, 5.74) is 1.01. The van der Waals surface area contributed by atoms with Gasteiger partial charge in [-0.05, 0) is 18.9 Å². The number of methoxy groups -OCH3 is 1. The van der Waals surface area contributed by atoms with Gasteiger partial charge in [-0.25, -0.2) is 0 Å². The summed E-state index contributed by atoms with van der Waals surface area (Å²) in [6, 6.07) is 9.16. The molecular weight excluding hydrogens is 268 g/mol. The SMILES string of the molecule is COCCCNC(=O)[C@H](C)N(Cc1ccccc1)C(C)=O. The van der Waals surface area contributed by atoms with Crippen molar-refractivity contribution in [3.63, 3.8) is 0 Å². The Morgan fingerprint density at radius 3 is 2.52 bits per heavy atom. The quantitative estimate of drug-likeness (QED) is 0.740. The van der Waals surface area contributed by atoms with Gasteiger partial charge in [0.25, 0.3) is 0 Å². The zero-order valence-electron chi connectivity index (χ0n) is 13.0. The largest absolute Gasteiger partial charge is 0.385 e. The van der Waals surface area contributed by atoms with Crippen molar-refractivity contribution in [2.75, 3.05) is 20.3 Å². The molecule has 0 radical (unpaired) electrons. The lowest BCUT2D eigenvalue weighted by atomic mass is 10.1. The van der Waals surface area contributed by atoms with Gasteiger partial charge >= 0.3 is 0 Å². The molecule has 1 aromatic rings. The van der Waals surface area contributed by atoms with Crippen LogP contribution in [-0.2, 0) is 20.9 Å². The lowest BCUT2D eigenvalue weighted by molar-refractivity contribution is -0.139. The highest BCUT2D eigenvalue weighted by atomic mass is 16.5. The fraction of sp³-hybridized carbons (Fsp3) is 0.500. The summed E-state index contributed by atoms with van der Waals surface area (Å²) >= 11 is 0. The summed E-state index contributed by atoms with van der Waals surface area (Å²) in [5, 5.41) is 2.83. The van der Waals surface area contributed by atoms with Gasteiger partial charge in [0, 0.05) is 33.7 Å². The number of benzene rings is 1. The number of hydrogen-bond donors (Lipinski definition) is 1. The van der Waals surface area contributed by atoms with Gasteiger partial charge in [0.15, 0.2) is 0 Å². The van der Waals surface area contributed by atoms with Crippen LogP contribution in [0.5, 0.6) is 0 Å². The van der Waals surface area contributed by atoms with Gasteiger partial charge in [0.1, 0.15) is 6.04 Å². The molecule has 0 aliphatic carbocycles. The highest BCUT2D eigenvalue weighted by molar-refractivity contribution is 5.86. The van der Waals surface area contributed by atoms with Crippen LogP contribution in [0.15, 0.2) is 30.3 Å². The fourth-order valence-electron chi connectivity index (χ4n) is 2.02. The number of amides is 2. The standard InChI is InChI=1S/C16H24N2O3/c1-13(16(20)17-10-7-11-21-3)18(14(2)19)12-15-8-5-4-6-9-15/h4-6,8-9,13H,7,10-12H2,1-3H3,(H,17,20)/t13-/m0/s1. The second-order valence-corrected chi connectivity index (χ2v) is 4.95. The van der Waals surface area contributed by atoms with Crippen molar-refractivity contribution in [3.05, 3.63) is 35.9 Å². The van der Waals surface area contributed by atoms with Gasteiger partial charge in [0.2, 0.25) is 11.8 Å². The molecule has 0 aliphatic rings. The van der Waals surface area contributed by atoms with E-state index >= 15 is 0 Å². The minimum atomic E-state index is -0.495. The molecule has 1 N–H and O–H groups in total. The lowest BCUT2D eigenvalue weighted by Gasteiger charge is -2.27. The molecule has 0 saturated carbocycles. The van der Waals surface area contributed by atoms with E-state index in [9.17, 15) is 9.59 Å². The zero-order valence-corrected chi connectivity index (χ0v) is 13.0. The van der Waals surface area contributed by atoms with Gasteiger partial charge in [-0.3, -0.25) is 9.59 Å². The Morgan fingerprint density at radius 2 is 1.95 bits per heavy atom. The van der Waals surface area contributed by atoms with Crippen molar-refractivity contribution in [2.24, 2.45) is 0 Å². The molecule has 5 nitrogen and oxygen atoms in total. The Kier molecular flexibility index (Phi) is 7.46. The third-order valence-electron chi connectivity index (χ3n) is 3.27. The molecule has 0 spiro atoms. The van der Waals surface area contributed by atoms with Gasteiger partial charge in [0.05, 0.1) is 0 Å². The number of hydrogen-bond acceptors (Lipinski definition) is 3. The van der Waals surface area contributed by atoms with E-state index in [0.29, 0.717) is 19.7 Å². The predicted molar refractivity (Wildman–Crippen MR) is 81.6 cm³/mol. The van der Waals surface area contributed by atoms with E-state index in [1.165, 1.54) is 6.92 Å². The summed E-state index contributed by atoms with van der Waals surface area (Å²) in [4.78, 5) is 25.5. The number of carbonyl (C=O) groups is 2. The molecule has 0 unspecified atom stereocenters. The molecule has 5 heteroatoms. The minimum Gasteiger partial charge on any atom is -0.385 e. The maximum absolute atomic E-state index is 12.1. The Morgan fingerprint density at radius 1 is 1.29 bits per heavy atom. The third kappa shape index (κ3) is 5.95. The van der Waals surface area contributed by atoms with Crippen molar-refractivity contribution in [1.29, 1.82) is 0 Å². The van der Waals surface area contributed by atoms with Crippen LogP contribution in [0.3, 0.4) is 0 Å². The number of carbonyl (C=O) groups excluding carboxylic acids is 2. The molecule has 1 atom stereocenters. The van der Waals surface area contributed by atoms with Crippen LogP contribution in [0.1, 0.15) is 25.8 Å². The Labute approximate surface area is 126 Å². The van der Waals surface area contributed by atoms with E-state index in [1.807, 2.05) is 30.3 Å². The molecule has 0 aromatic heterocycles. The Hall–Kier alpha value is -1.88. The summed E-state index contributed by atoms with van der Waals surface area (Å²) in [6.45, 7) is 4.82. The van der Waals surface area contributed by atoms with E-state index in [-0.39, 0.29) is 11.8 Å². The van der Waals surface area contributed by atoms with E-state index in [0.717, 1.165) is 12.0 Å². The van der Waals surface area contributed by atoms with Gasteiger partial charge in [-0.15, -0.1) is 0 Å². The van der Waals surface area contributed by atoms with E-state index < -0.39 is 6.04 Å².